The summed E-state index contributed by atoms with van der Waals surface area (Å²) < 4.78 is 22.9. The van der Waals surface area contributed by atoms with Crippen molar-refractivity contribution in [2.24, 2.45) is 11.8 Å². The van der Waals surface area contributed by atoms with Crippen LogP contribution in [0.15, 0.2) is 12.2 Å². The molecule has 2 unspecified atom stereocenters. The van der Waals surface area contributed by atoms with E-state index in [9.17, 15) is 15.0 Å². The zero-order valence-corrected chi connectivity index (χ0v) is 22.7. The van der Waals surface area contributed by atoms with Gasteiger partial charge in [-0.3, -0.25) is 14.3 Å². The Hall–Kier alpha value is -1.27. The van der Waals surface area contributed by atoms with Crippen LogP contribution >= 0.6 is 0 Å². The normalized spacial score (nSPS) is 30.1. The third-order valence-corrected chi connectivity index (χ3v) is 7.57. The number of allylic oxidation sites excluding steroid dienone is 2. The van der Waals surface area contributed by atoms with Crippen LogP contribution < -0.4 is 0 Å². The quantitative estimate of drug-likeness (QED) is 0.104. The Balaban J connectivity index is 1.48. The molecule has 5 atom stereocenters. The van der Waals surface area contributed by atoms with Gasteiger partial charge in [-0.1, -0.05) is 44.3 Å². The standard InChI is InChI=1S/C30H48O7/c1-2-3-4-5-6-7-14-24-18-19-27(32)26(24)23-25(31)15-8-11-20-30(33,36-28-16-9-12-21-34-28)37-29-17-10-13-22-35-29/h7,14,24,26-29,32-33H,2-6,9-13,16-23H2,1H3/t24-,26+,27-,28?,29?,30?/m0/s1. The molecule has 2 N–H and O–H groups in total. The number of Topliss-reactive ketones (excluding diaryl/α,β-unsaturated/α-hetero) is 1. The van der Waals surface area contributed by atoms with Crippen molar-refractivity contribution >= 4 is 5.78 Å². The van der Waals surface area contributed by atoms with Crippen molar-refractivity contribution in [2.75, 3.05) is 13.2 Å². The zero-order valence-electron chi connectivity index (χ0n) is 22.7. The Labute approximate surface area is 223 Å². The molecule has 3 fully saturated rings. The highest BCUT2D eigenvalue weighted by Gasteiger charge is 2.37. The van der Waals surface area contributed by atoms with Gasteiger partial charge in [0.2, 0.25) is 5.78 Å². The molecule has 3 rings (SSSR count). The van der Waals surface area contributed by atoms with Gasteiger partial charge in [-0.05, 0) is 82.0 Å². The van der Waals surface area contributed by atoms with Crippen LogP contribution in [0.4, 0.5) is 0 Å². The van der Waals surface area contributed by atoms with E-state index in [1.165, 1.54) is 25.7 Å². The fourth-order valence-corrected chi connectivity index (χ4v) is 5.37. The first-order chi connectivity index (χ1) is 18.0. The lowest BCUT2D eigenvalue weighted by Crippen LogP contribution is -2.45. The van der Waals surface area contributed by atoms with Crippen LogP contribution in [0.25, 0.3) is 0 Å². The minimum atomic E-state index is -1.88. The van der Waals surface area contributed by atoms with Crippen LogP contribution in [0.3, 0.4) is 0 Å². The minimum absolute atomic E-state index is 0.0795. The lowest BCUT2D eigenvalue weighted by atomic mass is 9.89. The molecule has 0 bridgehead atoms. The van der Waals surface area contributed by atoms with Crippen molar-refractivity contribution in [3.63, 3.8) is 0 Å². The lowest BCUT2D eigenvalue weighted by molar-refractivity contribution is -0.441. The highest BCUT2D eigenvalue weighted by Crippen LogP contribution is 2.36. The molecule has 2 aliphatic heterocycles. The molecule has 0 aromatic heterocycles. The minimum Gasteiger partial charge on any atom is -0.393 e. The zero-order chi connectivity index (χ0) is 26.3. The molecule has 37 heavy (non-hydrogen) atoms. The lowest BCUT2D eigenvalue weighted by Gasteiger charge is -2.36. The first-order valence-electron chi connectivity index (χ1n) is 14.7. The van der Waals surface area contributed by atoms with E-state index in [1.54, 1.807) is 0 Å². The van der Waals surface area contributed by atoms with Crippen molar-refractivity contribution in [1.82, 2.24) is 0 Å². The fraction of sp³-hybridized carbons (Fsp3) is 0.833. The van der Waals surface area contributed by atoms with Gasteiger partial charge in [0.05, 0.1) is 6.10 Å². The summed E-state index contributed by atoms with van der Waals surface area (Å²) >= 11 is 0. The summed E-state index contributed by atoms with van der Waals surface area (Å²) in [6.07, 6.45) is 16.4. The highest BCUT2D eigenvalue weighted by atomic mass is 16.9. The molecule has 0 amide bonds. The fourth-order valence-electron chi connectivity index (χ4n) is 5.37. The monoisotopic (exact) mass is 520 g/mol. The number of hydrogen-bond acceptors (Lipinski definition) is 7. The Kier molecular flexibility index (Phi) is 13.6. The number of ketones is 1. The average Bonchev–Trinajstić information content (AvgIpc) is 3.24. The molecule has 1 aliphatic carbocycles. The van der Waals surface area contributed by atoms with Crippen LogP contribution in [0.5, 0.6) is 0 Å². The third-order valence-electron chi connectivity index (χ3n) is 7.57. The number of rotatable bonds is 14. The third kappa shape index (κ3) is 11.2. The molecule has 210 valence electrons. The van der Waals surface area contributed by atoms with Gasteiger partial charge in [-0.15, -0.1) is 0 Å². The van der Waals surface area contributed by atoms with Gasteiger partial charge in [-0.25, -0.2) is 0 Å². The van der Waals surface area contributed by atoms with Gasteiger partial charge in [0.25, 0.3) is 5.97 Å². The first kappa shape index (κ1) is 30.3. The molecule has 7 heteroatoms. The van der Waals surface area contributed by atoms with Crippen molar-refractivity contribution in [1.29, 1.82) is 0 Å². The Morgan fingerprint density at radius 3 is 2.32 bits per heavy atom. The van der Waals surface area contributed by atoms with Gasteiger partial charge >= 0.3 is 0 Å². The molecular weight excluding hydrogens is 472 g/mol. The average molecular weight is 521 g/mol. The summed E-state index contributed by atoms with van der Waals surface area (Å²) in [7, 11) is 0. The molecular formula is C30H48O7. The summed E-state index contributed by atoms with van der Waals surface area (Å²) in [6.45, 7) is 3.40. The summed E-state index contributed by atoms with van der Waals surface area (Å²) in [6, 6.07) is 0. The van der Waals surface area contributed by atoms with E-state index in [4.69, 9.17) is 18.9 Å². The number of carbonyl (C=O) groups is 1. The predicted octanol–water partition coefficient (Wildman–Crippen LogP) is 5.38. The molecule has 3 aliphatic rings. The van der Waals surface area contributed by atoms with Gasteiger partial charge in [0.1, 0.15) is 0 Å². The maximum Gasteiger partial charge on any atom is 0.285 e. The largest absolute Gasteiger partial charge is 0.393 e. The number of ether oxygens (including phenoxy) is 4. The van der Waals surface area contributed by atoms with Gasteiger partial charge in [0.15, 0.2) is 12.6 Å². The van der Waals surface area contributed by atoms with E-state index in [0.29, 0.717) is 26.1 Å². The predicted molar refractivity (Wildman–Crippen MR) is 141 cm³/mol. The molecule has 2 saturated heterocycles. The smallest absolute Gasteiger partial charge is 0.285 e. The number of hydrogen-bond donors (Lipinski definition) is 2. The summed E-state index contributed by atoms with van der Waals surface area (Å²) in [5, 5.41) is 21.6. The van der Waals surface area contributed by atoms with Gasteiger partial charge in [-0.2, -0.15) is 0 Å². The van der Waals surface area contributed by atoms with Crippen molar-refractivity contribution in [2.45, 2.75) is 134 Å². The molecule has 7 nitrogen and oxygen atoms in total. The molecule has 2 heterocycles. The molecule has 0 aromatic carbocycles. The second-order valence-electron chi connectivity index (χ2n) is 10.7. The second kappa shape index (κ2) is 16.6. The highest BCUT2D eigenvalue weighted by molar-refractivity contribution is 5.95. The number of unbranched alkanes of at least 4 members (excludes halogenated alkanes) is 4. The maximum absolute atomic E-state index is 12.6. The summed E-state index contributed by atoms with van der Waals surface area (Å²) in [5.41, 5.74) is 0. The number of carbonyl (C=O) groups excluding carboxylic acids is 1. The maximum atomic E-state index is 12.6. The Morgan fingerprint density at radius 1 is 1.00 bits per heavy atom. The second-order valence-corrected chi connectivity index (χ2v) is 10.7. The topological polar surface area (TPSA) is 94.5 Å². The van der Waals surface area contributed by atoms with E-state index >= 15 is 0 Å². The molecule has 1 saturated carbocycles. The van der Waals surface area contributed by atoms with Crippen molar-refractivity contribution in [3.05, 3.63) is 12.2 Å². The van der Waals surface area contributed by atoms with Crippen LogP contribution in [0, 0.1) is 23.7 Å². The van der Waals surface area contributed by atoms with E-state index in [2.05, 4.69) is 30.9 Å². The molecule has 0 radical (unpaired) electrons. The summed E-state index contributed by atoms with van der Waals surface area (Å²) in [4.78, 5) is 12.6. The Morgan fingerprint density at radius 2 is 1.70 bits per heavy atom. The van der Waals surface area contributed by atoms with E-state index in [-0.39, 0.29) is 36.9 Å². The van der Waals surface area contributed by atoms with Crippen molar-refractivity contribution in [3.8, 4) is 11.8 Å². The van der Waals surface area contributed by atoms with Gasteiger partial charge < -0.3 is 19.7 Å². The van der Waals surface area contributed by atoms with Crippen LogP contribution in [-0.4, -0.2) is 53.9 Å². The number of aliphatic hydroxyl groups is 2. The van der Waals surface area contributed by atoms with Gasteiger partial charge in [0, 0.05) is 32.5 Å². The van der Waals surface area contributed by atoms with E-state index < -0.39 is 24.7 Å². The van der Waals surface area contributed by atoms with Crippen LogP contribution in [0.1, 0.15) is 110 Å². The SMILES string of the molecule is CCCCCCC=C[C@H]1CC[C@H](O)[C@@H]1CC(=O)C#CCCC(O)(OC1CCCCO1)OC1CCCCO1. The van der Waals surface area contributed by atoms with E-state index in [1.807, 2.05) is 0 Å². The Bertz CT molecular complexity index is 723. The molecule has 0 aromatic rings. The van der Waals surface area contributed by atoms with Crippen LogP contribution in [-0.2, 0) is 23.7 Å². The van der Waals surface area contributed by atoms with E-state index in [0.717, 1.165) is 44.9 Å². The summed E-state index contributed by atoms with van der Waals surface area (Å²) in [5.74, 6) is 3.69. The first-order valence-corrected chi connectivity index (χ1v) is 14.7. The van der Waals surface area contributed by atoms with Crippen molar-refractivity contribution < 1.29 is 34.0 Å². The number of aliphatic hydroxyl groups excluding tert-OH is 1. The van der Waals surface area contributed by atoms with Crippen LogP contribution in [0.2, 0.25) is 0 Å². The molecule has 0 spiro atoms.